The molecule has 2 radical (unpaired) electrons. The number of carbonyl (C=O) groups is 3. The van der Waals surface area contributed by atoms with Crippen LogP contribution in [0.4, 0.5) is 61.6 Å². The third-order valence-electron chi connectivity index (χ3n) is 10.4. The van der Waals surface area contributed by atoms with Gasteiger partial charge in [-0.1, -0.05) is 20.3 Å². The second kappa shape index (κ2) is 41.0. The number of aliphatic hydroxyl groups excluding tert-OH is 1. The topological polar surface area (TPSA) is 343 Å². The number of aliphatic hydroxyl groups is 1. The quantitative estimate of drug-likeness (QED) is 0.0500. The number of anilines is 6. The fraction of sp³-hybridized carbons (Fsp3) is 0.455. The minimum absolute atomic E-state index is 0. The van der Waals surface area contributed by atoms with E-state index in [4.69, 9.17) is 28.7 Å². The van der Waals surface area contributed by atoms with Crippen molar-refractivity contribution in [1.29, 1.82) is 0 Å². The molecule has 6 aromatic heterocycles. The summed E-state index contributed by atoms with van der Waals surface area (Å²) in [6.07, 6.45) is 7.41. The van der Waals surface area contributed by atoms with E-state index < -0.39 is 24.2 Å². The third kappa shape index (κ3) is 26.8. The zero-order valence-corrected chi connectivity index (χ0v) is 59.3. The molecule has 9 rings (SSSR count). The van der Waals surface area contributed by atoms with Crippen molar-refractivity contribution in [3.63, 3.8) is 0 Å². The molecule has 9 N–H and O–H groups in total. The first kappa shape index (κ1) is 82.0. The fourth-order valence-corrected chi connectivity index (χ4v) is 9.25. The summed E-state index contributed by atoms with van der Waals surface area (Å²) in [5.74, 6) is -1.53. The molecule has 0 aromatic carbocycles. The van der Waals surface area contributed by atoms with Gasteiger partial charge in [-0.05, 0) is 75.2 Å². The SMILES string of the molecule is C.C.CO.C[C@@H]1CCCN1c1ncc(-c2nc(N)cs2)cn1.C[C@@H]1CCCN1c1ncc(-c2nc(NC(=O)C(F)(F)F)cs2)cn1.O.O.O=C(Nc1csc(Br)n1)C(F)(F)F.O=CO[O-].[B]c1cnc(N2CCC[C@H]2C)nc1.[Cs+].[Cs+].[H-]. The van der Waals surface area contributed by atoms with E-state index in [0.29, 0.717) is 49.8 Å². The molecule has 3 fully saturated rings. The van der Waals surface area contributed by atoms with Crippen molar-refractivity contribution in [3.05, 3.63) is 57.2 Å². The second-order valence-corrected chi connectivity index (χ2v) is 19.5. The number of aromatic nitrogens is 9. The molecule has 0 saturated carbocycles. The Morgan fingerprint density at radius 3 is 1.30 bits per heavy atom. The van der Waals surface area contributed by atoms with E-state index in [1.165, 1.54) is 47.8 Å². The van der Waals surface area contributed by atoms with Gasteiger partial charge in [0.15, 0.2) is 3.92 Å². The Morgan fingerprint density at radius 2 is 1.01 bits per heavy atom. The number of nitrogens with two attached hydrogens (primary N) is 1. The first-order valence-corrected chi connectivity index (χ1v) is 25.3. The van der Waals surface area contributed by atoms with Crippen molar-refractivity contribution in [2.24, 2.45) is 0 Å². The molecule has 23 nitrogen and oxygen atoms in total. The van der Waals surface area contributed by atoms with E-state index in [0.717, 1.165) is 84.7 Å². The molecule has 3 aliphatic heterocycles. The molecule has 0 aliphatic carbocycles. The van der Waals surface area contributed by atoms with Crippen molar-refractivity contribution in [3.8, 4) is 21.1 Å². The van der Waals surface area contributed by atoms with Crippen molar-refractivity contribution >= 4 is 117 Å². The molecule has 6 aromatic rings. The van der Waals surface area contributed by atoms with Gasteiger partial charge in [-0.3, -0.25) is 14.4 Å². The van der Waals surface area contributed by atoms with E-state index in [9.17, 15) is 35.9 Å². The van der Waals surface area contributed by atoms with Gasteiger partial charge in [-0.25, -0.2) is 44.9 Å². The molecule has 432 valence electrons. The molecular weight excluding hydrogens is 1430 g/mol. The summed E-state index contributed by atoms with van der Waals surface area (Å²) in [6.45, 7) is 9.36. The largest absolute Gasteiger partial charge is 1.00 e. The molecule has 3 atom stereocenters. The number of halogens is 7. The van der Waals surface area contributed by atoms with Crippen LogP contribution in [0.2, 0.25) is 0 Å². The summed E-state index contributed by atoms with van der Waals surface area (Å²) < 4.78 is 72.2. The predicted octanol–water partition coefficient (Wildman–Crippen LogP) is -0.287. The van der Waals surface area contributed by atoms with Crippen LogP contribution in [0, 0.1) is 0 Å². The van der Waals surface area contributed by atoms with E-state index in [1.807, 2.05) is 17.8 Å². The number of nitrogens with zero attached hydrogens (tertiary/aromatic N) is 12. The van der Waals surface area contributed by atoms with Crippen LogP contribution in [-0.4, -0.2) is 144 Å². The molecule has 9 heterocycles. The van der Waals surface area contributed by atoms with E-state index in [2.05, 4.69) is 101 Å². The molecule has 80 heavy (non-hydrogen) atoms. The van der Waals surface area contributed by atoms with Gasteiger partial charge in [0.05, 0.1) is 0 Å². The second-order valence-electron chi connectivity index (χ2n) is 15.6. The Labute approximate surface area is 599 Å². The number of nitrogens with one attached hydrogen (secondary N) is 2. The zero-order chi connectivity index (χ0) is 54.6. The molecule has 0 unspecified atom stereocenters. The summed E-state index contributed by atoms with van der Waals surface area (Å²) in [4.78, 5) is 76.8. The molecule has 3 aliphatic rings. The number of thiazole rings is 3. The van der Waals surface area contributed by atoms with Gasteiger partial charge >= 0.3 is 162 Å². The van der Waals surface area contributed by atoms with Gasteiger partial charge in [0, 0.05) is 109 Å². The molecule has 0 bridgehead atoms. The first-order valence-electron chi connectivity index (χ1n) is 21.9. The number of hydrogen-bond donors (Lipinski definition) is 4. The maximum Gasteiger partial charge on any atom is 1.00 e. The smallest absolute Gasteiger partial charge is 1.00 e. The van der Waals surface area contributed by atoms with E-state index in [1.54, 1.807) is 35.4 Å². The Balaban J connectivity index is -0.000000471. The van der Waals surface area contributed by atoms with Crippen LogP contribution >= 0.6 is 49.9 Å². The average Bonchev–Trinajstić information content (AvgIpc) is 4.27. The predicted molar refractivity (Wildman–Crippen MR) is 293 cm³/mol. The Hall–Kier alpha value is -2.19. The van der Waals surface area contributed by atoms with Crippen molar-refractivity contribution in [2.45, 2.75) is 105 Å². The molecule has 2 amide bonds. The van der Waals surface area contributed by atoms with Crippen LogP contribution < -0.4 is 180 Å². The number of amides is 2. The zero-order valence-electron chi connectivity index (χ0n) is 43.7. The van der Waals surface area contributed by atoms with Crippen LogP contribution in [0.5, 0.6) is 0 Å². The van der Waals surface area contributed by atoms with Gasteiger partial charge in [0.25, 0.3) is 6.47 Å². The number of hydrogen-bond acceptors (Lipinski definition) is 22. The maximum atomic E-state index is 12.2. The number of nitrogen functional groups attached to an aromatic ring is 1. The fourth-order valence-electron chi connectivity index (χ4n) is 6.90. The van der Waals surface area contributed by atoms with Gasteiger partial charge in [-0.2, -0.15) is 26.3 Å². The number of carbonyl (C=O) groups excluding carboxylic acids is 3. The standard InChI is InChI=1S/C14H14F3N5OS.C12H15N5S.C9H12BN3.C5H2BrF3N2OS.CH2O3.CH4O.2CH4.2Cs.2H2O.H/c1-8-3-2-4-22(8)13-18-5-9(6-19-13)11-20-10(7-24-11)21-12(23)14(15,16)17;1-8-3-2-4-17(8)12-14-5-9(6-15-12)11-16-10(13)7-18-11;1-7-3-2-4-13(7)9-11-5-8(10)6-12-9;6-4-11-2(1-13-4)10-3(12)5(7,8)9;2-1-4-3;1-2;;;;;;;/h5-8H,2-4H2,1H3,(H,21,23);5-8H,2-4,13H2,1H3;5-7H,2-4H2,1H3;1H,(H,10,12);1,3H;2H,1H3;2*1H4;;;2*1H2;/q;;;;;;;;2*+1;;;-1/p-1/t2*8-;7-;;;;;;;;;;/m111........../s1. The van der Waals surface area contributed by atoms with E-state index >= 15 is 0 Å². The summed E-state index contributed by atoms with van der Waals surface area (Å²) in [6, 6.07) is 1.48. The minimum atomic E-state index is -4.94. The molecule has 36 heteroatoms. The van der Waals surface area contributed by atoms with Crippen molar-refractivity contribution in [2.75, 3.05) is 57.8 Å². The van der Waals surface area contributed by atoms with Crippen molar-refractivity contribution < 1.29 is 206 Å². The molecule has 3 saturated heterocycles. The van der Waals surface area contributed by atoms with Crippen LogP contribution in [0.1, 0.15) is 75.6 Å². The van der Waals surface area contributed by atoms with Gasteiger partial charge in [-0.15, -0.1) is 34.0 Å². The minimum Gasteiger partial charge on any atom is -1.00 e. The normalized spacial score (nSPS) is 15.6. The summed E-state index contributed by atoms with van der Waals surface area (Å²) >= 11 is 6.65. The Kier molecular flexibility index (Phi) is 42.0. The third-order valence-corrected chi connectivity index (χ3v) is 13.6. The van der Waals surface area contributed by atoms with Crippen molar-refractivity contribution in [1.82, 2.24) is 44.9 Å². The number of alkyl halides is 6. The Morgan fingerprint density at radius 1 is 0.688 bits per heavy atom. The Bertz CT molecular complexity index is 2690. The van der Waals surface area contributed by atoms with Gasteiger partial charge < -0.3 is 58.7 Å². The van der Waals surface area contributed by atoms with Crippen LogP contribution in [-0.2, 0) is 19.3 Å². The molecular formula is C44H61BBrCs2F6N15O8S3. The van der Waals surface area contributed by atoms with Crippen LogP contribution in [0.25, 0.3) is 21.1 Å². The monoisotopic (exact) mass is 1490 g/mol. The van der Waals surface area contributed by atoms with E-state index in [-0.39, 0.29) is 183 Å². The maximum absolute atomic E-state index is 12.2. The van der Waals surface area contributed by atoms with Gasteiger partial charge in [0.1, 0.15) is 35.3 Å². The molecule has 0 spiro atoms. The van der Waals surface area contributed by atoms with Gasteiger partial charge in [0.2, 0.25) is 17.8 Å². The number of rotatable bonds is 8. The summed E-state index contributed by atoms with van der Waals surface area (Å²) in [7, 11) is 6.52. The van der Waals surface area contributed by atoms with Crippen LogP contribution in [0.15, 0.2) is 57.2 Å². The summed E-state index contributed by atoms with van der Waals surface area (Å²) in [5.41, 5.74) is 7.74. The average molecular weight is 1490 g/mol. The van der Waals surface area contributed by atoms with Crippen LogP contribution in [0.3, 0.4) is 0 Å². The summed E-state index contributed by atoms with van der Waals surface area (Å²) in [5, 5.41) is 24.5. The first-order chi connectivity index (χ1) is 35.2.